The van der Waals surface area contributed by atoms with E-state index in [4.69, 9.17) is 4.74 Å². The van der Waals surface area contributed by atoms with E-state index in [1.54, 1.807) is 59.5 Å². The zero-order valence-electron chi connectivity index (χ0n) is 51.2. The summed E-state index contributed by atoms with van der Waals surface area (Å²) in [5.74, 6) is -0.116. The van der Waals surface area contributed by atoms with Gasteiger partial charge in [-0.15, -0.1) is 20.4 Å². The van der Waals surface area contributed by atoms with Gasteiger partial charge in [0.1, 0.15) is 52.4 Å². The fraction of sp³-hybridized carbons (Fsp3) is 0.0727. The van der Waals surface area contributed by atoms with Crippen LogP contribution in [0.2, 0.25) is 0 Å². The van der Waals surface area contributed by atoms with Crippen molar-refractivity contribution in [3.63, 3.8) is 0 Å². The molecular weight excluding hydrogens is 1430 g/mol. The Balaban J connectivity index is 0.00000243. The fourth-order valence-corrected chi connectivity index (χ4v) is 13.5. The Labute approximate surface area is 688 Å². The zero-order chi connectivity index (χ0) is 63.2. The summed E-state index contributed by atoms with van der Waals surface area (Å²) in [6.45, 7) is 1.32. The van der Waals surface area contributed by atoms with Gasteiger partial charge in [-0.3, -0.25) is 13.5 Å². The maximum atomic E-state index is 12.9. The first-order valence-electron chi connectivity index (χ1n) is 25.9. The number of hydrogen-bond donors (Lipinski definition) is 2. The number of morpholine rings is 1. The molecule has 2 unspecified atom stereocenters. The van der Waals surface area contributed by atoms with Gasteiger partial charge < -0.3 is 48.3 Å². The van der Waals surface area contributed by atoms with Crippen molar-refractivity contribution >= 4 is 162 Å². The number of hydrogen-bond acceptors (Lipinski definition) is 28. The molecule has 4 heterocycles. The van der Waals surface area contributed by atoms with E-state index in [0.29, 0.717) is 71.0 Å². The first-order chi connectivity index (χ1) is 43.1. The summed E-state index contributed by atoms with van der Waals surface area (Å²) < 4.78 is 174. The smallest absolute Gasteiger partial charge is 0.768 e. The molecule has 0 spiro atoms. The summed E-state index contributed by atoms with van der Waals surface area (Å²) >= 11 is -4.80. The van der Waals surface area contributed by atoms with Crippen molar-refractivity contribution in [2.45, 2.75) is 29.4 Å². The molecule has 96 heavy (non-hydrogen) atoms. The van der Waals surface area contributed by atoms with Crippen LogP contribution in [-0.2, 0) is 66.6 Å². The van der Waals surface area contributed by atoms with Gasteiger partial charge in [0.05, 0.1) is 51.3 Å². The molecule has 1 aliphatic rings. The molecule has 0 aliphatic carbocycles. The first kappa shape index (κ1) is 82.1. The summed E-state index contributed by atoms with van der Waals surface area (Å²) in [7, 11) is -15.7. The van der Waals surface area contributed by atoms with Gasteiger partial charge in [0.2, 0.25) is 17.8 Å². The quantitative estimate of drug-likeness (QED) is 0.0144. The third-order valence-electron chi connectivity index (χ3n) is 13.8. The van der Waals surface area contributed by atoms with Crippen LogP contribution >= 0.6 is 12.0 Å². The molecule has 1 fully saturated rings. The predicted molar refractivity (Wildman–Crippen MR) is 319 cm³/mol. The van der Waals surface area contributed by atoms with E-state index in [2.05, 4.69) is 55.4 Å². The van der Waals surface area contributed by atoms with Crippen molar-refractivity contribution in [3.05, 3.63) is 156 Å². The van der Waals surface area contributed by atoms with Crippen LogP contribution in [-0.4, -0.2) is 128 Å². The minimum absolute atomic E-state index is 0. The third-order valence-corrected chi connectivity index (χ3v) is 18.6. The van der Waals surface area contributed by atoms with Crippen LogP contribution in [0.1, 0.15) is 22.3 Å². The van der Waals surface area contributed by atoms with Gasteiger partial charge >= 0.3 is 177 Å². The van der Waals surface area contributed by atoms with Gasteiger partial charge in [0.15, 0.2) is 0 Å². The third kappa shape index (κ3) is 18.7. The van der Waals surface area contributed by atoms with Crippen molar-refractivity contribution in [2.24, 2.45) is 0 Å². The van der Waals surface area contributed by atoms with E-state index in [1.807, 2.05) is 0 Å². The number of nitrogens with zero attached hydrogens (tertiary/aromatic N) is 10. The summed E-state index contributed by atoms with van der Waals surface area (Å²) in [5, 5.41) is 40.0. The molecule has 0 saturated carbocycles. The van der Waals surface area contributed by atoms with Gasteiger partial charge in [-0.1, -0.05) is 97.1 Å². The van der Waals surface area contributed by atoms with Crippen LogP contribution in [0, 0.1) is 0 Å². The molecule has 12 rings (SSSR count). The Morgan fingerprint density at radius 3 is 1.32 bits per heavy atom. The topological polar surface area (TPSA) is 430 Å². The molecule has 8 aromatic carbocycles. The maximum Gasteiger partial charge on any atom is 1.00 e. The molecule has 2 atom stereocenters. The second kappa shape index (κ2) is 34.9. The average Bonchev–Trinajstić information content (AvgIpc) is 1.58. The van der Waals surface area contributed by atoms with Gasteiger partial charge in [0, 0.05) is 49.9 Å². The Morgan fingerprint density at radius 2 is 0.896 bits per heavy atom. The molecule has 11 aromatic rings. The number of aromatic nitrogens is 9. The molecule has 1 saturated heterocycles. The molecule has 29 nitrogen and oxygen atoms in total. The van der Waals surface area contributed by atoms with Crippen molar-refractivity contribution in [1.82, 2.24) is 44.9 Å². The SMILES string of the molecule is O=S([O-])c1cc2nn(-c3ccc(/C=C/c4ccc(Nc5nc(Nc6ccc(/C=C/c7ccc(-n8nc9cc(S(=O)[O-])c%10ccccc%10c9n8)cc7S(=O)(=O)[O-])c(S(=O)(=O)[O-])c6)nc(N6CCOCC6)n5)cc4SOO[O-])c(S(=O)(=O)[O-])c3)nc2c2ccccc12.[Na+].[Na+].[Na+].[Na+].[Na+].[Na+]. The molecule has 0 radical (unpaired) electrons. The number of benzene rings is 8. The Kier molecular flexibility index (Phi) is 29.8. The second-order valence-corrected chi connectivity index (χ2v) is 26.0. The number of fused-ring (bicyclic) bond motifs is 6. The van der Waals surface area contributed by atoms with E-state index in [0.717, 1.165) is 39.9 Å². The number of rotatable bonds is 19. The zero-order valence-corrected chi connectivity index (χ0v) is 68.1. The van der Waals surface area contributed by atoms with Crippen LogP contribution < -0.4 is 198 Å². The molecule has 3 aromatic heterocycles. The largest absolute Gasteiger partial charge is 1.00 e. The predicted octanol–water partition coefficient (Wildman–Crippen LogP) is -12.2. The van der Waals surface area contributed by atoms with E-state index >= 15 is 0 Å². The van der Waals surface area contributed by atoms with Gasteiger partial charge in [-0.05, 0) is 116 Å². The van der Waals surface area contributed by atoms with Crippen LogP contribution in [0.4, 0.5) is 29.2 Å². The molecule has 460 valence electrons. The molecule has 0 amide bonds. The number of ether oxygens (including phenoxy) is 1. The molecule has 2 N–H and O–H groups in total. The van der Waals surface area contributed by atoms with Crippen molar-refractivity contribution in [3.8, 4) is 11.4 Å². The molecule has 1 aliphatic heterocycles. The summed E-state index contributed by atoms with van der Waals surface area (Å²) in [6.07, 6.45) is 4.99. The summed E-state index contributed by atoms with van der Waals surface area (Å²) in [4.78, 5) is 15.4. The fourth-order valence-electron chi connectivity index (χ4n) is 9.77. The Bertz CT molecular complexity index is 5230. The van der Waals surface area contributed by atoms with Crippen molar-refractivity contribution < 1.29 is 253 Å². The van der Waals surface area contributed by atoms with Crippen LogP contribution in [0.25, 0.3) is 79.3 Å². The molecule has 41 heteroatoms. The molecular formula is C55H36N12Na6O17S6. The van der Waals surface area contributed by atoms with E-state index in [1.165, 1.54) is 72.8 Å². The molecule has 0 bridgehead atoms. The Hall–Kier alpha value is -2.89. The van der Waals surface area contributed by atoms with Gasteiger partial charge in [0.25, 0.3) is 0 Å². The monoisotopic (exact) mass is 1470 g/mol. The van der Waals surface area contributed by atoms with E-state index < -0.39 is 67.2 Å². The normalized spacial score (nSPS) is 13.3. The average molecular weight is 1470 g/mol. The van der Waals surface area contributed by atoms with E-state index in [9.17, 15) is 61.7 Å². The van der Waals surface area contributed by atoms with Crippen molar-refractivity contribution in [2.75, 3.05) is 41.8 Å². The first-order valence-corrected chi connectivity index (χ1v) is 33.0. The minimum Gasteiger partial charge on any atom is -0.768 e. The van der Waals surface area contributed by atoms with Crippen molar-refractivity contribution in [1.29, 1.82) is 0 Å². The van der Waals surface area contributed by atoms with Crippen LogP contribution in [0.5, 0.6) is 0 Å². The standard InChI is InChI=1S/C55H42N12O17S6.6Na/c68-83-84-85-45-25-35(17-13-31(45)9-10-33-15-19-37(27-49(33)89(76,77)78)66-61-43-29-46(86(69)70)39-5-1-3-7-41(39)51(43)63-66)56-53-58-54(60-55(59-53)65-21-23-82-24-22-65)57-36-18-14-32(48(26-36)88(73,74)75)11-12-34-16-20-38(28-50(34)90(79,80)81)67-62-44-30-47(87(71)72)40-6-2-4-8-42(40)52(44)64-67;;;;;;/h1-20,25-30,68H,21-24H2,(H,69,70)(H,71,72)(H,73,74,75)(H,76,77,78)(H,79,80,81)(H2,56,57,58,59,60);;;;;;/q;6*+1/p-6/b10-9+,12-11+;;;;;;. The Morgan fingerprint density at radius 1 is 0.500 bits per heavy atom. The maximum absolute atomic E-state index is 12.9. The van der Waals surface area contributed by atoms with Crippen LogP contribution in [0.3, 0.4) is 0 Å². The van der Waals surface area contributed by atoms with Gasteiger partial charge in [-0.25, -0.2) is 25.3 Å². The second-order valence-electron chi connectivity index (χ2n) is 19.4. The van der Waals surface area contributed by atoms with Gasteiger partial charge in [-0.2, -0.15) is 28.9 Å². The summed E-state index contributed by atoms with van der Waals surface area (Å²) in [5.41, 5.74) is 1.10. The number of anilines is 5. The van der Waals surface area contributed by atoms with Crippen LogP contribution in [0.15, 0.2) is 163 Å². The minimum atomic E-state index is -5.29. The summed E-state index contributed by atoms with van der Waals surface area (Å²) in [6, 6.07) is 31.4. The van der Waals surface area contributed by atoms with E-state index in [-0.39, 0.29) is 266 Å². The number of nitrogens with one attached hydrogen (secondary N) is 2.